The van der Waals surface area contributed by atoms with Gasteiger partial charge in [-0.2, -0.15) is 5.26 Å². The molecule has 0 aliphatic carbocycles. The molecule has 0 saturated carbocycles. The van der Waals surface area contributed by atoms with Crippen molar-refractivity contribution < 1.29 is 27.3 Å². The molecule has 172 valence electrons. The molecule has 33 heavy (non-hydrogen) atoms. The zero-order chi connectivity index (χ0) is 23.8. The zero-order valence-electron chi connectivity index (χ0n) is 17.7. The second kappa shape index (κ2) is 8.86. The van der Waals surface area contributed by atoms with Gasteiger partial charge < -0.3 is 9.64 Å². The number of nitriles is 1. The van der Waals surface area contributed by atoms with E-state index in [1.54, 1.807) is 6.92 Å². The Kier molecular flexibility index (Phi) is 6.12. The van der Waals surface area contributed by atoms with Gasteiger partial charge in [-0.1, -0.05) is 13.0 Å². The largest absolute Gasteiger partial charge is 0.455 e. The van der Waals surface area contributed by atoms with Crippen LogP contribution in [0.3, 0.4) is 0 Å². The van der Waals surface area contributed by atoms with E-state index in [1.165, 1.54) is 12.1 Å². The number of carbonyl (C=O) groups is 2. The highest BCUT2D eigenvalue weighted by molar-refractivity contribution is 7.82. The van der Waals surface area contributed by atoms with Gasteiger partial charge in [0.2, 0.25) is 5.91 Å². The number of esters is 1. The summed E-state index contributed by atoms with van der Waals surface area (Å²) in [6, 6.07) is 6.51. The van der Waals surface area contributed by atoms with Crippen molar-refractivity contribution in [3.63, 3.8) is 0 Å². The molecule has 1 fully saturated rings. The molecule has 2 aromatic rings. The lowest BCUT2D eigenvalue weighted by Gasteiger charge is -2.38. The van der Waals surface area contributed by atoms with Crippen LogP contribution >= 0.6 is 0 Å². The summed E-state index contributed by atoms with van der Waals surface area (Å²) in [6.45, 7) is 2.64. The van der Waals surface area contributed by atoms with E-state index < -0.39 is 39.9 Å². The summed E-state index contributed by atoms with van der Waals surface area (Å²) < 4.78 is 46.6. The molecule has 4 rings (SSSR count). The molecule has 0 spiro atoms. The summed E-state index contributed by atoms with van der Waals surface area (Å²) in [5.41, 5.74) is 0.239. The van der Waals surface area contributed by atoms with Crippen LogP contribution in [0.2, 0.25) is 0 Å². The van der Waals surface area contributed by atoms with Crippen molar-refractivity contribution in [1.29, 1.82) is 5.26 Å². The van der Waals surface area contributed by atoms with Crippen molar-refractivity contribution in [1.82, 2.24) is 9.71 Å². The van der Waals surface area contributed by atoms with Crippen LogP contribution in [0, 0.1) is 28.4 Å². The van der Waals surface area contributed by atoms with Gasteiger partial charge in [-0.15, -0.1) is 0 Å². The van der Waals surface area contributed by atoms with Gasteiger partial charge in [-0.05, 0) is 25.0 Å². The minimum atomic E-state index is -1.88. The minimum absolute atomic E-state index is 0.0455. The molecule has 1 unspecified atom stereocenters. The lowest BCUT2D eigenvalue weighted by molar-refractivity contribution is -0.129. The summed E-state index contributed by atoms with van der Waals surface area (Å²) in [5.74, 6) is -2.32. The predicted octanol–water partition coefficient (Wildman–Crippen LogP) is 2.49. The monoisotopic (exact) mass is 474 g/mol. The van der Waals surface area contributed by atoms with Gasteiger partial charge >= 0.3 is 5.97 Å². The average Bonchev–Trinajstić information content (AvgIpc) is 3.15. The number of aromatic nitrogens is 1. The Hall–Kier alpha value is -3.39. The fourth-order valence-corrected chi connectivity index (χ4v) is 4.89. The fourth-order valence-electron chi connectivity index (χ4n) is 3.84. The molecule has 0 bridgehead atoms. The number of piperidine rings is 1. The van der Waals surface area contributed by atoms with Crippen LogP contribution < -0.4 is 9.62 Å². The van der Waals surface area contributed by atoms with Crippen molar-refractivity contribution in [2.45, 2.75) is 32.1 Å². The van der Waals surface area contributed by atoms with Gasteiger partial charge in [-0.25, -0.2) is 22.8 Å². The standard InChI is InChI=1S/C22H20F2N4O4S/c1-22(21(30)27-33(31)12-13-2-3-15(23)9-17(13)24)4-6-28(7-5-22)19-14(10-25)8-16-18(26-19)11-32-20(16)29/h2-3,8-9H,4-7,11-12H2,1H3,(H,27,30). The van der Waals surface area contributed by atoms with Crippen LogP contribution in [0.25, 0.3) is 0 Å². The number of carbonyl (C=O) groups excluding carboxylic acids is 2. The first kappa shape index (κ1) is 22.8. The topological polar surface area (TPSA) is 112 Å². The van der Waals surface area contributed by atoms with E-state index in [4.69, 9.17) is 4.74 Å². The number of amides is 1. The SMILES string of the molecule is CC1(C(=O)NS(=O)Cc2ccc(F)cc2F)CCN(c2nc3c(cc2C#N)C(=O)OC3)CC1. The van der Waals surface area contributed by atoms with Crippen LogP contribution in [-0.2, 0) is 32.9 Å². The summed E-state index contributed by atoms with van der Waals surface area (Å²) in [6.07, 6.45) is 0.806. The zero-order valence-corrected chi connectivity index (χ0v) is 18.5. The number of nitrogens with zero attached hydrogens (tertiary/aromatic N) is 3. The summed E-state index contributed by atoms with van der Waals surface area (Å²) >= 11 is 0. The molecule has 2 aliphatic heterocycles. The summed E-state index contributed by atoms with van der Waals surface area (Å²) in [7, 11) is -1.88. The number of nitrogens with one attached hydrogen (secondary N) is 1. The number of pyridine rings is 1. The molecule has 1 aromatic heterocycles. The number of hydrogen-bond donors (Lipinski definition) is 1. The van der Waals surface area contributed by atoms with Crippen molar-refractivity contribution in [3.05, 3.63) is 58.3 Å². The first-order valence-corrected chi connectivity index (χ1v) is 11.5. The second-order valence-electron chi connectivity index (χ2n) is 8.25. The van der Waals surface area contributed by atoms with Crippen LogP contribution in [0.15, 0.2) is 24.3 Å². The smallest absolute Gasteiger partial charge is 0.340 e. The highest BCUT2D eigenvalue weighted by Crippen LogP contribution is 2.35. The van der Waals surface area contributed by atoms with Crippen molar-refractivity contribution in [2.75, 3.05) is 18.0 Å². The molecule has 1 amide bonds. The number of fused-ring (bicyclic) bond motifs is 1. The molecule has 11 heteroatoms. The Morgan fingerprint density at radius 2 is 2.06 bits per heavy atom. The number of anilines is 1. The van der Waals surface area contributed by atoms with E-state index in [0.29, 0.717) is 43.5 Å². The summed E-state index contributed by atoms with van der Waals surface area (Å²) in [4.78, 5) is 30.9. The number of ether oxygens (including phenoxy) is 1. The quantitative estimate of drug-likeness (QED) is 0.663. The predicted molar refractivity (Wildman–Crippen MR) is 114 cm³/mol. The lowest BCUT2D eigenvalue weighted by atomic mass is 9.79. The minimum Gasteiger partial charge on any atom is -0.455 e. The molecule has 8 nitrogen and oxygen atoms in total. The number of cyclic esters (lactones) is 1. The Bertz CT molecular complexity index is 1210. The van der Waals surface area contributed by atoms with E-state index in [9.17, 15) is 27.8 Å². The van der Waals surface area contributed by atoms with Crippen LogP contribution in [0.1, 0.15) is 46.9 Å². The third kappa shape index (κ3) is 4.57. The van der Waals surface area contributed by atoms with Crippen molar-refractivity contribution >= 4 is 28.7 Å². The molecule has 1 saturated heterocycles. The second-order valence-corrected chi connectivity index (χ2v) is 9.43. The number of hydrogen-bond acceptors (Lipinski definition) is 7. The summed E-state index contributed by atoms with van der Waals surface area (Å²) in [5, 5.41) is 9.50. The van der Waals surface area contributed by atoms with E-state index in [0.717, 1.165) is 6.07 Å². The van der Waals surface area contributed by atoms with Crippen LogP contribution in [0.5, 0.6) is 0 Å². The van der Waals surface area contributed by atoms with Gasteiger partial charge in [0.25, 0.3) is 0 Å². The van der Waals surface area contributed by atoms with E-state index in [-0.39, 0.29) is 29.1 Å². The fraction of sp³-hybridized carbons (Fsp3) is 0.364. The van der Waals surface area contributed by atoms with Gasteiger partial charge in [0.15, 0.2) is 0 Å². The first-order valence-electron chi connectivity index (χ1n) is 10.2. The molecule has 2 aliphatic rings. The van der Waals surface area contributed by atoms with Crippen LogP contribution in [0.4, 0.5) is 14.6 Å². The van der Waals surface area contributed by atoms with Gasteiger partial charge in [0.1, 0.15) is 41.1 Å². The Balaban J connectivity index is 1.40. The molecule has 1 N–H and O–H groups in total. The van der Waals surface area contributed by atoms with Gasteiger partial charge in [0.05, 0.1) is 28.0 Å². The van der Waals surface area contributed by atoms with E-state index >= 15 is 0 Å². The highest BCUT2D eigenvalue weighted by Gasteiger charge is 2.39. The maximum absolute atomic E-state index is 13.8. The van der Waals surface area contributed by atoms with E-state index in [2.05, 4.69) is 15.8 Å². The maximum Gasteiger partial charge on any atom is 0.340 e. The third-order valence-electron chi connectivity index (χ3n) is 5.98. The molecular formula is C22H20F2N4O4S. The van der Waals surface area contributed by atoms with Gasteiger partial charge in [0, 0.05) is 24.7 Å². The van der Waals surface area contributed by atoms with E-state index in [1.807, 2.05) is 4.90 Å². The highest BCUT2D eigenvalue weighted by atomic mass is 32.2. The average molecular weight is 474 g/mol. The van der Waals surface area contributed by atoms with Crippen molar-refractivity contribution in [3.8, 4) is 6.07 Å². The number of halogens is 2. The third-order valence-corrected chi connectivity index (χ3v) is 6.97. The Morgan fingerprint density at radius 1 is 1.33 bits per heavy atom. The lowest BCUT2D eigenvalue weighted by Crippen LogP contribution is -2.48. The molecule has 0 radical (unpaired) electrons. The number of benzene rings is 1. The normalized spacial score (nSPS) is 17.6. The van der Waals surface area contributed by atoms with Crippen molar-refractivity contribution in [2.24, 2.45) is 5.41 Å². The first-order chi connectivity index (χ1) is 15.7. The van der Waals surface area contributed by atoms with Gasteiger partial charge in [-0.3, -0.25) is 9.52 Å². The number of rotatable bonds is 5. The molecular weight excluding hydrogens is 454 g/mol. The Morgan fingerprint density at radius 3 is 2.73 bits per heavy atom. The maximum atomic E-state index is 13.8. The molecule has 1 atom stereocenters. The Labute approximate surface area is 191 Å². The molecule has 3 heterocycles. The molecule has 1 aromatic carbocycles. The van der Waals surface area contributed by atoms with Crippen LogP contribution in [-0.4, -0.2) is 34.2 Å².